The molecule has 0 atom stereocenters. The van der Waals surface area contributed by atoms with Crippen LogP contribution in [-0.2, 0) is 0 Å². The van der Waals surface area contributed by atoms with Crippen molar-refractivity contribution < 1.29 is 15.3 Å². The molecule has 0 saturated carbocycles. The molecule has 0 radical (unpaired) electrons. The van der Waals surface area contributed by atoms with Gasteiger partial charge in [0.1, 0.15) is 0 Å². The molecule has 12 heavy (non-hydrogen) atoms. The van der Waals surface area contributed by atoms with Crippen LogP contribution in [0, 0.1) is 0 Å². The summed E-state index contributed by atoms with van der Waals surface area (Å²) in [7, 11) is 0. The Labute approximate surface area is 72.7 Å². The van der Waals surface area contributed by atoms with Crippen molar-refractivity contribution in [3.8, 4) is 0 Å². The first-order valence-corrected chi connectivity index (χ1v) is 3.83. The predicted molar refractivity (Wildman–Crippen MR) is 47.7 cm³/mol. The van der Waals surface area contributed by atoms with Crippen LogP contribution in [0.4, 0.5) is 0 Å². The minimum atomic E-state index is -0.978. The molecule has 0 aromatic carbocycles. The molecule has 70 valence electrons. The van der Waals surface area contributed by atoms with Crippen LogP contribution in [0.2, 0.25) is 0 Å². The lowest BCUT2D eigenvalue weighted by atomic mass is 9.97. The molecule has 0 spiro atoms. The lowest BCUT2D eigenvalue weighted by Crippen LogP contribution is -2.21. The van der Waals surface area contributed by atoms with E-state index in [-0.39, 0.29) is 13.2 Å². The molecule has 3 nitrogen and oxygen atoms in total. The molecule has 0 saturated heterocycles. The van der Waals surface area contributed by atoms with Crippen LogP contribution in [0.3, 0.4) is 0 Å². The predicted octanol–water partition coefficient (Wildman–Crippen LogP) is 0.224. The summed E-state index contributed by atoms with van der Waals surface area (Å²) in [6.07, 6.45) is 4.61. The monoisotopic (exact) mass is 172 g/mol. The zero-order valence-corrected chi connectivity index (χ0v) is 7.49. The van der Waals surface area contributed by atoms with Crippen LogP contribution in [-0.4, -0.2) is 34.1 Å². The number of hydrogen-bond acceptors (Lipinski definition) is 3. The first-order valence-electron chi connectivity index (χ1n) is 3.83. The second kappa shape index (κ2) is 5.09. The Hall–Kier alpha value is -0.640. The highest BCUT2D eigenvalue weighted by atomic mass is 16.3. The van der Waals surface area contributed by atoms with Gasteiger partial charge in [-0.15, -0.1) is 0 Å². The van der Waals surface area contributed by atoms with E-state index >= 15 is 0 Å². The summed E-state index contributed by atoms with van der Waals surface area (Å²) in [6.45, 7) is 3.06. The molecule has 0 aromatic heterocycles. The van der Waals surface area contributed by atoms with E-state index in [1.54, 1.807) is 19.9 Å². The average molecular weight is 172 g/mol. The third kappa shape index (κ3) is 4.28. The molecule has 0 unspecified atom stereocenters. The van der Waals surface area contributed by atoms with Gasteiger partial charge in [-0.25, -0.2) is 0 Å². The number of rotatable bonds is 4. The molecule has 0 heterocycles. The fraction of sp³-hybridized carbons (Fsp3) is 0.556. The van der Waals surface area contributed by atoms with Gasteiger partial charge in [0.25, 0.3) is 0 Å². The second-order valence-electron chi connectivity index (χ2n) is 2.99. The molecule has 0 amide bonds. The largest absolute Gasteiger partial charge is 0.392 e. The number of aliphatic hydroxyl groups is 3. The van der Waals surface area contributed by atoms with E-state index in [2.05, 4.69) is 0 Å². The molecule has 0 aromatic rings. The van der Waals surface area contributed by atoms with E-state index in [0.717, 1.165) is 0 Å². The smallest absolute Gasteiger partial charge is 0.0838 e. The van der Waals surface area contributed by atoms with Gasteiger partial charge in [0.15, 0.2) is 0 Å². The van der Waals surface area contributed by atoms with Crippen LogP contribution in [0.25, 0.3) is 0 Å². The van der Waals surface area contributed by atoms with Gasteiger partial charge in [-0.2, -0.15) is 0 Å². The molecular formula is C9H16O3. The summed E-state index contributed by atoms with van der Waals surface area (Å²) < 4.78 is 0. The van der Waals surface area contributed by atoms with Gasteiger partial charge >= 0.3 is 0 Å². The van der Waals surface area contributed by atoms with Crippen molar-refractivity contribution in [2.75, 3.05) is 13.2 Å². The summed E-state index contributed by atoms with van der Waals surface area (Å²) in [4.78, 5) is 0. The normalized spacial score (nSPS) is 14.2. The van der Waals surface area contributed by atoms with Crippen molar-refractivity contribution in [1.29, 1.82) is 0 Å². The summed E-state index contributed by atoms with van der Waals surface area (Å²) >= 11 is 0. The number of aliphatic hydroxyl groups excluding tert-OH is 2. The van der Waals surface area contributed by atoms with E-state index in [4.69, 9.17) is 10.2 Å². The van der Waals surface area contributed by atoms with Crippen LogP contribution < -0.4 is 0 Å². The average Bonchev–Trinajstić information content (AvgIpc) is 1.95. The van der Waals surface area contributed by atoms with Crippen molar-refractivity contribution in [2.24, 2.45) is 0 Å². The van der Waals surface area contributed by atoms with E-state index in [9.17, 15) is 5.11 Å². The van der Waals surface area contributed by atoms with Crippen molar-refractivity contribution >= 4 is 0 Å². The molecule has 0 aliphatic carbocycles. The summed E-state index contributed by atoms with van der Waals surface area (Å²) in [5.41, 5.74) is -0.381. The molecule has 3 N–H and O–H groups in total. The molecule has 0 aliphatic rings. The van der Waals surface area contributed by atoms with Gasteiger partial charge in [0, 0.05) is 0 Å². The van der Waals surface area contributed by atoms with E-state index < -0.39 is 5.60 Å². The molecule has 0 aliphatic heterocycles. The van der Waals surface area contributed by atoms with E-state index in [0.29, 0.717) is 5.57 Å². The van der Waals surface area contributed by atoms with Crippen LogP contribution >= 0.6 is 0 Å². The van der Waals surface area contributed by atoms with Crippen LogP contribution in [0.15, 0.2) is 23.8 Å². The Balaban J connectivity index is 4.46. The summed E-state index contributed by atoms with van der Waals surface area (Å²) in [5.74, 6) is 0. The Kier molecular flexibility index (Phi) is 4.81. The highest BCUT2D eigenvalue weighted by Crippen LogP contribution is 2.16. The van der Waals surface area contributed by atoms with Crippen LogP contribution in [0.1, 0.15) is 13.8 Å². The maximum Gasteiger partial charge on any atom is 0.0838 e. The second-order valence-corrected chi connectivity index (χ2v) is 2.99. The highest BCUT2D eigenvalue weighted by molar-refractivity contribution is 5.26. The van der Waals surface area contributed by atoms with Gasteiger partial charge in [0.2, 0.25) is 0 Å². The standard InChI is InChI=1S/C9H16O3/c1-9(2,12)8(5-7-11)4-3-6-10/h3-5,10-12H,6-7H2,1-2H3/b4-3-,8-5+. The van der Waals surface area contributed by atoms with Crippen molar-refractivity contribution in [3.63, 3.8) is 0 Å². The maximum absolute atomic E-state index is 9.52. The number of hydrogen-bond donors (Lipinski definition) is 3. The third-order valence-corrected chi connectivity index (χ3v) is 1.42. The first-order chi connectivity index (χ1) is 5.52. The third-order valence-electron chi connectivity index (χ3n) is 1.42. The Morgan fingerprint density at radius 2 is 1.83 bits per heavy atom. The fourth-order valence-corrected chi connectivity index (χ4v) is 0.800. The SMILES string of the molecule is CC(C)(O)C(/C=C\CO)=C/CO. The zero-order chi connectivity index (χ0) is 9.61. The zero-order valence-electron chi connectivity index (χ0n) is 7.49. The fourth-order valence-electron chi connectivity index (χ4n) is 0.800. The topological polar surface area (TPSA) is 60.7 Å². The first kappa shape index (κ1) is 11.4. The minimum Gasteiger partial charge on any atom is -0.392 e. The van der Waals surface area contributed by atoms with Gasteiger partial charge in [0.05, 0.1) is 18.8 Å². The van der Waals surface area contributed by atoms with Gasteiger partial charge < -0.3 is 15.3 Å². The maximum atomic E-state index is 9.52. The highest BCUT2D eigenvalue weighted by Gasteiger charge is 2.15. The van der Waals surface area contributed by atoms with Gasteiger partial charge in [-0.05, 0) is 19.4 Å². The van der Waals surface area contributed by atoms with E-state index in [1.807, 2.05) is 0 Å². The minimum absolute atomic E-state index is 0.0706. The Morgan fingerprint density at radius 1 is 1.25 bits per heavy atom. The quantitative estimate of drug-likeness (QED) is 0.532. The molecule has 0 fully saturated rings. The van der Waals surface area contributed by atoms with Gasteiger partial charge in [-0.1, -0.05) is 18.2 Å². The Bertz CT molecular complexity index is 175. The molecule has 0 bridgehead atoms. The Morgan fingerprint density at radius 3 is 2.17 bits per heavy atom. The van der Waals surface area contributed by atoms with Crippen molar-refractivity contribution in [1.82, 2.24) is 0 Å². The molecule has 0 rings (SSSR count). The summed E-state index contributed by atoms with van der Waals surface area (Å²) in [6, 6.07) is 0. The molecular weight excluding hydrogens is 156 g/mol. The van der Waals surface area contributed by atoms with Crippen molar-refractivity contribution in [2.45, 2.75) is 19.4 Å². The van der Waals surface area contributed by atoms with E-state index in [1.165, 1.54) is 12.2 Å². The van der Waals surface area contributed by atoms with Gasteiger partial charge in [-0.3, -0.25) is 0 Å². The lowest BCUT2D eigenvalue weighted by molar-refractivity contribution is 0.122. The summed E-state index contributed by atoms with van der Waals surface area (Å²) in [5, 5.41) is 26.6. The van der Waals surface area contributed by atoms with Crippen LogP contribution in [0.5, 0.6) is 0 Å². The molecule has 3 heteroatoms. The lowest BCUT2D eigenvalue weighted by Gasteiger charge is -2.18. The van der Waals surface area contributed by atoms with Crippen molar-refractivity contribution in [3.05, 3.63) is 23.8 Å².